The molecule has 0 aliphatic heterocycles. The lowest BCUT2D eigenvalue weighted by Gasteiger charge is -2.08. The van der Waals surface area contributed by atoms with Crippen LogP contribution in [0.2, 0.25) is 0 Å². The normalized spacial score (nSPS) is 17.3. The van der Waals surface area contributed by atoms with Crippen LogP contribution in [0.1, 0.15) is 6.42 Å². The molecule has 0 amide bonds. The van der Waals surface area contributed by atoms with Crippen LogP contribution in [0.5, 0.6) is 0 Å². The fraction of sp³-hybridized carbons (Fsp3) is 0.300. The number of hydrogen-bond donors (Lipinski definition) is 0. The van der Waals surface area contributed by atoms with Crippen LogP contribution >= 0.6 is 0 Å². The highest BCUT2D eigenvalue weighted by atomic mass is 19.4. The minimum absolute atomic E-state index is 0.220. The molecule has 5 heteroatoms. The van der Waals surface area contributed by atoms with Crippen molar-refractivity contribution in [2.75, 3.05) is 7.05 Å². The van der Waals surface area contributed by atoms with E-state index in [9.17, 15) is 13.2 Å². The van der Waals surface area contributed by atoms with Gasteiger partial charge in [0.05, 0.1) is 0 Å². The molecule has 0 aromatic heterocycles. The Hall–Kier alpha value is -1.52. The first-order valence-corrected chi connectivity index (χ1v) is 4.26. The molecule has 0 bridgehead atoms. The molecule has 0 heterocycles. The Kier molecular flexibility index (Phi) is 3.71. The van der Waals surface area contributed by atoms with E-state index in [1.54, 1.807) is 25.4 Å². The Balaban J connectivity index is 2.76. The summed E-state index contributed by atoms with van der Waals surface area (Å²) < 4.78 is 39.4. The molecule has 15 heavy (non-hydrogen) atoms. The van der Waals surface area contributed by atoms with E-state index in [2.05, 4.69) is 9.73 Å². The summed E-state index contributed by atoms with van der Waals surface area (Å²) >= 11 is 0. The van der Waals surface area contributed by atoms with E-state index < -0.39 is 6.36 Å². The minimum atomic E-state index is -4.65. The Bertz CT molecular complexity index is 337. The van der Waals surface area contributed by atoms with Gasteiger partial charge in [0.15, 0.2) is 0 Å². The van der Waals surface area contributed by atoms with Gasteiger partial charge >= 0.3 is 6.36 Å². The van der Waals surface area contributed by atoms with Crippen molar-refractivity contribution >= 4 is 6.21 Å². The monoisotopic (exact) mass is 217 g/mol. The molecule has 0 saturated heterocycles. The number of nitrogens with zero attached hydrogens (tertiary/aromatic N) is 1. The lowest BCUT2D eigenvalue weighted by molar-refractivity contribution is -0.303. The maximum atomic E-state index is 11.9. The summed E-state index contributed by atoms with van der Waals surface area (Å²) in [5.41, 5.74) is 0.828. The van der Waals surface area contributed by atoms with Crippen LogP contribution in [0, 0.1) is 0 Å². The largest absolute Gasteiger partial charge is 0.573 e. The molecule has 1 aliphatic rings. The molecule has 0 spiro atoms. The first-order chi connectivity index (χ1) is 7.01. The lowest BCUT2D eigenvalue weighted by Crippen LogP contribution is -2.11. The molecule has 0 unspecified atom stereocenters. The third-order valence-corrected chi connectivity index (χ3v) is 1.63. The molecule has 0 aromatic rings. The van der Waals surface area contributed by atoms with Gasteiger partial charge in [-0.25, -0.2) is 0 Å². The van der Waals surface area contributed by atoms with Gasteiger partial charge in [0, 0.05) is 13.3 Å². The summed E-state index contributed by atoms with van der Waals surface area (Å²) in [5, 5.41) is 0. The smallest absolute Gasteiger partial charge is 0.406 e. The second-order valence-electron chi connectivity index (χ2n) is 2.85. The van der Waals surface area contributed by atoms with Crippen LogP contribution in [0.3, 0.4) is 0 Å². The zero-order valence-corrected chi connectivity index (χ0v) is 8.08. The van der Waals surface area contributed by atoms with Gasteiger partial charge in [-0.1, -0.05) is 12.2 Å². The van der Waals surface area contributed by atoms with Gasteiger partial charge in [-0.3, -0.25) is 4.99 Å². The van der Waals surface area contributed by atoms with Gasteiger partial charge in [0.1, 0.15) is 5.76 Å². The standard InChI is InChI=1S/C10H10F3NO/c1-14-7-8-3-2-4-9(6-5-8)15-10(11,12)13/h2,4-7H,3H2,1H3/b14-7+. The Morgan fingerprint density at radius 3 is 2.73 bits per heavy atom. The molecule has 1 rings (SSSR count). The Morgan fingerprint density at radius 1 is 1.40 bits per heavy atom. The van der Waals surface area contributed by atoms with Gasteiger partial charge in [0.25, 0.3) is 0 Å². The molecule has 0 radical (unpaired) electrons. The molecular formula is C10H10F3NO. The van der Waals surface area contributed by atoms with Gasteiger partial charge < -0.3 is 4.74 Å². The maximum absolute atomic E-state index is 11.9. The number of halogens is 3. The first-order valence-electron chi connectivity index (χ1n) is 4.26. The van der Waals surface area contributed by atoms with Crippen LogP contribution in [0.4, 0.5) is 13.2 Å². The Morgan fingerprint density at radius 2 is 2.13 bits per heavy atom. The topological polar surface area (TPSA) is 21.6 Å². The molecule has 82 valence electrons. The SMILES string of the molecule is C/N=C/C1=CC=C(OC(F)(F)F)C=CC1. The van der Waals surface area contributed by atoms with Crippen molar-refractivity contribution in [1.29, 1.82) is 0 Å². The molecule has 0 N–H and O–H groups in total. The number of ether oxygens (including phenoxy) is 1. The number of alkyl halides is 3. The van der Waals surface area contributed by atoms with Crippen molar-refractivity contribution in [3.8, 4) is 0 Å². The first kappa shape index (κ1) is 11.6. The maximum Gasteiger partial charge on any atom is 0.573 e. The molecule has 1 aliphatic carbocycles. The zero-order valence-electron chi connectivity index (χ0n) is 8.08. The molecule has 2 nitrogen and oxygen atoms in total. The van der Waals surface area contributed by atoms with Crippen LogP contribution in [-0.2, 0) is 4.74 Å². The van der Waals surface area contributed by atoms with Crippen molar-refractivity contribution in [1.82, 2.24) is 0 Å². The Labute approximate surface area is 85.5 Å². The van der Waals surface area contributed by atoms with Crippen molar-refractivity contribution in [3.05, 3.63) is 35.6 Å². The summed E-state index contributed by atoms with van der Waals surface area (Å²) in [6.45, 7) is 0. The van der Waals surface area contributed by atoms with Crippen molar-refractivity contribution in [3.63, 3.8) is 0 Å². The second-order valence-corrected chi connectivity index (χ2v) is 2.85. The van der Waals surface area contributed by atoms with E-state index >= 15 is 0 Å². The van der Waals surface area contributed by atoms with Crippen LogP contribution < -0.4 is 0 Å². The highest BCUT2D eigenvalue weighted by Gasteiger charge is 2.31. The van der Waals surface area contributed by atoms with Gasteiger partial charge in [0.2, 0.25) is 0 Å². The van der Waals surface area contributed by atoms with Crippen molar-refractivity contribution < 1.29 is 17.9 Å². The van der Waals surface area contributed by atoms with Gasteiger partial charge in [-0.2, -0.15) is 0 Å². The number of allylic oxidation sites excluding steroid dienone is 5. The van der Waals surface area contributed by atoms with Crippen molar-refractivity contribution in [2.45, 2.75) is 12.8 Å². The predicted molar refractivity (Wildman–Crippen MR) is 51.5 cm³/mol. The van der Waals surface area contributed by atoms with E-state index in [-0.39, 0.29) is 5.76 Å². The van der Waals surface area contributed by atoms with Crippen LogP contribution in [0.15, 0.2) is 40.6 Å². The highest BCUT2D eigenvalue weighted by Crippen LogP contribution is 2.22. The summed E-state index contributed by atoms with van der Waals surface area (Å²) in [6.07, 6.45) is 3.20. The van der Waals surface area contributed by atoms with E-state index in [0.29, 0.717) is 6.42 Å². The van der Waals surface area contributed by atoms with Crippen LogP contribution in [0.25, 0.3) is 0 Å². The zero-order chi connectivity index (χ0) is 11.3. The predicted octanol–water partition coefficient (Wildman–Crippen LogP) is 2.99. The third kappa shape index (κ3) is 4.49. The number of rotatable bonds is 2. The quantitative estimate of drug-likeness (QED) is 0.651. The summed E-state index contributed by atoms with van der Waals surface area (Å²) in [4.78, 5) is 3.78. The lowest BCUT2D eigenvalue weighted by atomic mass is 10.2. The molecule has 0 fully saturated rings. The van der Waals surface area contributed by atoms with E-state index in [1.807, 2.05) is 0 Å². The molecule has 0 saturated carbocycles. The van der Waals surface area contributed by atoms with Gasteiger partial charge in [-0.15, -0.1) is 13.2 Å². The summed E-state index contributed by atoms with van der Waals surface area (Å²) in [6, 6.07) is 0. The second kappa shape index (κ2) is 4.82. The number of hydrogen-bond acceptors (Lipinski definition) is 2. The van der Waals surface area contributed by atoms with Crippen molar-refractivity contribution in [2.24, 2.45) is 4.99 Å². The van der Waals surface area contributed by atoms with E-state index in [4.69, 9.17) is 0 Å². The molecule has 0 atom stereocenters. The summed E-state index contributed by atoms with van der Waals surface area (Å²) in [7, 11) is 1.60. The number of aliphatic imine (C=N–C) groups is 1. The molecule has 0 aromatic carbocycles. The van der Waals surface area contributed by atoms with Gasteiger partial charge in [-0.05, 0) is 24.1 Å². The van der Waals surface area contributed by atoms with Crippen LogP contribution in [-0.4, -0.2) is 19.6 Å². The summed E-state index contributed by atoms with van der Waals surface area (Å²) in [5.74, 6) is -0.220. The average molecular weight is 217 g/mol. The fourth-order valence-electron chi connectivity index (χ4n) is 1.09. The molecular weight excluding hydrogens is 207 g/mol. The van der Waals surface area contributed by atoms with E-state index in [1.165, 1.54) is 12.2 Å². The fourth-order valence-corrected chi connectivity index (χ4v) is 1.09. The highest BCUT2D eigenvalue weighted by molar-refractivity contribution is 5.79. The third-order valence-electron chi connectivity index (χ3n) is 1.63. The minimum Gasteiger partial charge on any atom is -0.406 e. The average Bonchev–Trinajstić information content (AvgIpc) is 2.29. The van der Waals surface area contributed by atoms with E-state index in [0.717, 1.165) is 5.57 Å².